The van der Waals surface area contributed by atoms with E-state index in [1.807, 2.05) is 0 Å². The van der Waals surface area contributed by atoms with Crippen LogP contribution in [0.3, 0.4) is 0 Å². The highest BCUT2D eigenvalue weighted by molar-refractivity contribution is 7.89. The van der Waals surface area contributed by atoms with Crippen LogP contribution >= 0.6 is 0 Å². The molecule has 1 fully saturated rings. The molecular formula is C17H26N4O4S. The third kappa shape index (κ3) is 4.60. The molecule has 0 radical (unpaired) electrons. The first-order valence-corrected chi connectivity index (χ1v) is 9.94. The Morgan fingerprint density at radius 3 is 2.50 bits per heavy atom. The highest BCUT2D eigenvalue weighted by atomic mass is 32.2. The lowest BCUT2D eigenvalue weighted by Crippen LogP contribution is -2.59. The lowest BCUT2D eigenvalue weighted by atomic mass is 10.1. The molecule has 8 nitrogen and oxygen atoms in total. The summed E-state index contributed by atoms with van der Waals surface area (Å²) in [5, 5.41) is 5.71. The fourth-order valence-electron chi connectivity index (χ4n) is 2.84. The summed E-state index contributed by atoms with van der Waals surface area (Å²) in [4.78, 5) is 26.3. The molecule has 1 atom stereocenters. The Balaban J connectivity index is 1.99. The molecule has 0 bridgehead atoms. The number of rotatable bonds is 6. The highest BCUT2D eigenvalue weighted by Gasteiger charge is 2.31. The molecule has 1 aliphatic rings. The molecule has 0 aromatic heterocycles. The van der Waals surface area contributed by atoms with Crippen molar-refractivity contribution >= 4 is 21.8 Å². The van der Waals surface area contributed by atoms with Crippen molar-refractivity contribution in [2.24, 2.45) is 0 Å². The Morgan fingerprint density at radius 2 is 1.92 bits per heavy atom. The number of carbonyl (C=O) groups excluding carboxylic acids is 2. The molecule has 1 unspecified atom stereocenters. The summed E-state index contributed by atoms with van der Waals surface area (Å²) >= 11 is 0. The third-order valence-electron chi connectivity index (χ3n) is 4.44. The van der Waals surface area contributed by atoms with Crippen molar-refractivity contribution in [3.05, 3.63) is 29.8 Å². The van der Waals surface area contributed by atoms with E-state index in [9.17, 15) is 18.0 Å². The van der Waals surface area contributed by atoms with Gasteiger partial charge in [-0.25, -0.2) is 12.7 Å². The maximum Gasteiger partial charge on any atom is 0.243 e. The Bertz CT molecular complexity index is 747. The standard InChI is InChI=1S/C17H26N4O4S/c1-18-17(23)15-12-19-10-11-21(15)16(22)9-6-13-4-7-14(8-5-13)26(24,25)20(2)3/h4-5,7-8,15,19H,6,9-12H2,1-3H3,(H,18,23). The molecular weight excluding hydrogens is 356 g/mol. The first-order chi connectivity index (χ1) is 12.3. The molecule has 2 N–H and O–H groups in total. The molecule has 9 heteroatoms. The number of hydrogen-bond acceptors (Lipinski definition) is 5. The molecule has 1 aromatic carbocycles. The Morgan fingerprint density at radius 1 is 1.27 bits per heavy atom. The zero-order valence-electron chi connectivity index (χ0n) is 15.4. The van der Waals surface area contributed by atoms with E-state index in [2.05, 4.69) is 10.6 Å². The molecule has 1 saturated heterocycles. The van der Waals surface area contributed by atoms with E-state index in [0.29, 0.717) is 26.1 Å². The second kappa shape index (κ2) is 8.61. The Hall–Kier alpha value is -1.97. The fraction of sp³-hybridized carbons (Fsp3) is 0.529. The van der Waals surface area contributed by atoms with Gasteiger partial charge in [0.05, 0.1) is 4.90 Å². The number of piperazine rings is 1. The minimum absolute atomic E-state index is 0.0786. The average Bonchev–Trinajstić information content (AvgIpc) is 2.65. The fourth-order valence-corrected chi connectivity index (χ4v) is 3.74. The minimum atomic E-state index is -3.46. The zero-order valence-corrected chi connectivity index (χ0v) is 16.2. The van der Waals surface area contributed by atoms with Crippen LogP contribution in [0.5, 0.6) is 0 Å². The minimum Gasteiger partial charge on any atom is -0.357 e. The third-order valence-corrected chi connectivity index (χ3v) is 6.27. The van der Waals surface area contributed by atoms with E-state index in [0.717, 1.165) is 9.87 Å². The summed E-state index contributed by atoms with van der Waals surface area (Å²) in [5.74, 6) is -0.256. The van der Waals surface area contributed by atoms with E-state index < -0.39 is 16.1 Å². The Labute approximate surface area is 154 Å². The topological polar surface area (TPSA) is 98.8 Å². The van der Waals surface area contributed by atoms with Crippen molar-refractivity contribution in [2.45, 2.75) is 23.8 Å². The number of sulfonamides is 1. The quantitative estimate of drug-likeness (QED) is 0.686. The van der Waals surface area contributed by atoms with Gasteiger partial charge in [-0.1, -0.05) is 12.1 Å². The number of aryl methyl sites for hydroxylation is 1. The second-order valence-electron chi connectivity index (χ2n) is 6.35. The van der Waals surface area contributed by atoms with Gasteiger partial charge in [0.25, 0.3) is 0 Å². The molecule has 0 spiro atoms. The number of nitrogens with zero attached hydrogens (tertiary/aromatic N) is 2. The second-order valence-corrected chi connectivity index (χ2v) is 8.50. The summed E-state index contributed by atoms with van der Waals surface area (Å²) in [6, 6.07) is 6.05. The average molecular weight is 382 g/mol. The SMILES string of the molecule is CNC(=O)C1CNCCN1C(=O)CCc1ccc(S(=O)(=O)N(C)C)cc1. The number of likely N-dealkylation sites (N-methyl/N-ethyl adjacent to an activating group) is 1. The van der Waals surface area contributed by atoms with Gasteiger partial charge in [0.2, 0.25) is 21.8 Å². The van der Waals surface area contributed by atoms with Crippen LogP contribution in [0, 0.1) is 0 Å². The van der Waals surface area contributed by atoms with Gasteiger partial charge in [-0.2, -0.15) is 0 Å². The van der Waals surface area contributed by atoms with Crippen LogP contribution in [0.4, 0.5) is 0 Å². The monoisotopic (exact) mass is 382 g/mol. The van der Waals surface area contributed by atoms with E-state index in [1.54, 1.807) is 36.2 Å². The van der Waals surface area contributed by atoms with Gasteiger partial charge < -0.3 is 15.5 Å². The summed E-state index contributed by atoms with van der Waals surface area (Å²) in [5.41, 5.74) is 0.877. The van der Waals surface area contributed by atoms with Gasteiger partial charge in [0.1, 0.15) is 6.04 Å². The van der Waals surface area contributed by atoms with Gasteiger partial charge in [-0.15, -0.1) is 0 Å². The highest BCUT2D eigenvalue weighted by Crippen LogP contribution is 2.16. The van der Waals surface area contributed by atoms with Crippen molar-refractivity contribution in [2.75, 3.05) is 40.8 Å². The van der Waals surface area contributed by atoms with Crippen LogP contribution in [-0.2, 0) is 26.0 Å². The van der Waals surface area contributed by atoms with Crippen LogP contribution in [0.2, 0.25) is 0 Å². The molecule has 0 saturated carbocycles. The van der Waals surface area contributed by atoms with Crippen LogP contribution < -0.4 is 10.6 Å². The molecule has 1 aromatic rings. The maximum atomic E-state index is 12.5. The van der Waals surface area contributed by atoms with Crippen molar-refractivity contribution in [3.63, 3.8) is 0 Å². The summed E-state index contributed by atoms with van der Waals surface area (Å²) < 4.78 is 25.3. The number of hydrogen-bond donors (Lipinski definition) is 2. The van der Waals surface area contributed by atoms with Crippen LogP contribution in [-0.4, -0.2) is 76.3 Å². The van der Waals surface area contributed by atoms with Crippen molar-refractivity contribution < 1.29 is 18.0 Å². The number of nitrogens with one attached hydrogen (secondary N) is 2. The van der Waals surface area contributed by atoms with E-state index in [1.165, 1.54) is 14.1 Å². The van der Waals surface area contributed by atoms with E-state index in [-0.39, 0.29) is 23.1 Å². The lowest BCUT2D eigenvalue weighted by Gasteiger charge is -2.35. The van der Waals surface area contributed by atoms with Gasteiger partial charge >= 0.3 is 0 Å². The maximum absolute atomic E-state index is 12.5. The van der Waals surface area contributed by atoms with E-state index in [4.69, 9.17) is 0 Å². The van der Waals surface area contributed by atoms with E-state index >= 15 is 0 Å². The predicted octanol–water partition coefficient (Wildman–Crippen LogP) is -0.584. The van der Waals surface area contributed by atoms with Gasteiger partial charge in [0, 0.05) is 47.2 Å². The number of amides is 2. The molecule has 1 aliphatic heterocycles. The molecule has 144 valence electrons. The van der Waals surface area contributed by atoms with Crippen LogP contribution in [0.25, 0.3) is 0 Å². The van der Waals surface area contributed by atoms with Crippen molar-refractivity contribution in [1.82, 2.24) is 19.8 Å². The molecule has 1 heterocycles. The largest absolute Gasteiger partial charge is 0.357 e. The predicted molar refractivity (Wildman–Crippen MR) is 98.1 cm³/mol. The first-order valence-electron chi connectivity index (χ1n) is 8.50. The van der Waals surface area contributed by atoms with Crippen LogP contribution in [0.15, 0.2) is 29.2 Å². The van der Waals surface area contributed by atoms with Gasteiger partial charge in [0.15, 0.2) is 0 Å². The summed E-state index contributed by atoms with van der Waals surface area (Å²) in [6.45, 7) is 1.61. The molecule has 26 heavy (non-hydrogen) atoms. The molecule has 2 amide bonds. The molecule has 0 aliphatic carbocycles. The van der Waals surface area contributed by atoms with Gasteiger partial charge in [-0.3, -0.25) is 9.59 Å². The normalized spacial score (nSPS) is 18.0. The van der Waals surface area contributed by atoms with Crippen molar-refractivity contribution in [3.8, 4) is 0 Å². The van der Waals surface area contributed by atoms with Crippen molar-refractivity contribution in [1.29, 1.82) is 0 Å². The number of carbonyl (C=O) groups is 2. The van der Waals surface area contributed by atoms with Crippen LogP contribution in [0.1, 0.15) is 12.0 Å². The number of benzene rings is 1. The van der Waals surface area contributed by atoms with Gasteiger partial charge in [-0.05, 0) is 24.1 Å². The smallest absolute Gasteiger partial charge is 0.243 e. The summed E-state index contributed by atoms with van der Waals surface area (Å²) in [7, 11) is 1.07. The molecule has 2 rings (SSSR count). The lowest BCUT2D eigenvalue weighted by molar-refractivity contribution is -0.141. The Kier molecular flexibility index (Phi) is 6.74. The first kappa shape index (κ1) is 20.3. The zero-order chi connectivity index (χ0) is 19.3. The summed E-state index contributed by atoms with van der Waals surface area (Å²) in [6.07, 6.45) is 0.763.